The Morgan fingerprint density at radius 1 is 0.379 bits per heavy atom. The highest BCUT2D eigenvalue weighted by atomic mass is 14.9. The first-order valence-corrected chi connectivity index (χ1v) is 13.5. The quantitative estimate of drug-likeness (QED) is 0.135. The zero-order chi connectivity index (χ0) is 21.1. The Hall–Kier alpha value is -0.120. The van der Waals surface area contributed by atoms with Crippen molar-refractivity contribution in [3.63, 3.8) is 0 Å². The van der Waals surface area contributed by atoms with Crippen LogP contribution in [0.25, 0.3) is 0 Å². The summed E-state index contributed by atoms with van der Waals surface area (Å²) in [7, 11) is 0. The predicted molar refractivity (Wildman–Crippen MR) is 133 cm³/mol. The molecule has 0 aliphatic heterocycles. The molecule has 0 radical (unpaired) electrons. The molecule has 0 saturated heterocycles. The van der Waals surface area contributed by atoms with E-state index in [1.807, 2.05) is 0 Å². The van der Waals surface area contributed by atoms with Crippen LogP contribution in [-0.4, -0.2) is 32.7 Å². The van der Waals surface area contributed by atoms with Crippen molar-refractivity contribution in [1.29, 1.82) is 0 Å². The van der Waals surface area contributed by atoms with Crippen LogP contribution in [0.4, 0.5) is 0 Å². The Bertz CT molecular complexity index is 245. The first kappa shape index (κ1) is 28.9. The van der Waals surface area contributed by atoms with Crippen LogP contribution in [0.3, 0.4) is 0 Å². The standard InChI is InChI=1S/C26H57N3/c1-2-3-4-5-6-7-8-9-10-11-12-13-14-15-16-17-18-19-23-28-25-21-26-29-24-20-22-27/h28-29H,2-27H2,1H3. The minimum Gasteiger partial charge on any atom is -0.330 e. The molecule has 3 heteroatoms. The Morgan fingerprint density at radius 3 is 1.07 bits per heavy atom. The fraction of sp³-hybridized carbons (Fsp3) is 1.00. The highest BCUT2D eigenvalue weighted by Gasteiger charge is 1.95. The van der Waals surface area contributed by atoms with Crippen LogP contribution in [0.5, 0.6) is 0 Å². The van der Waals surface area contributed by atoms with Gasteiger partial charge in [-0.1, -0.05) is 116 Å². The third-order valence-electron chi connectivity index (χ3n) is 5.97. The van der Waals surface area contributed by atoms with Crippen molar-refractivity contribution in [2.75, 3.05) is 32.7 Å². The molecule has 0 fully saturated rings. The van der Waals surface area contributed by atoms with Crippen molar-refractivity contribution in [3.05, 3.63) is 0 Å². The van der Waals surface area contributed by atoms with Crippen molar-refractivity contribution in [2.24, 2.45) is 5.73 Å². The van der Waals surface area contributed by atoms with Crippen molar-refractivity contribution in [1.82, 2.24) is 10.6 Å². The maximum Gasteiger partial charge on any atom is -0.00368 e. The van der Waals surface area contributed by atoms with Crippen molar-refractivity contribution in [3.8, 4) is 0 Å². The van der Waals surface area contributed by atoms with Gasteiger partial charge in [0.05, 0.1) is 0 Å². The van der Waals surface area contributed by atoms with E-state index < -0.39 is 0 Å². The molecule has 176 valence electrons. The number of rotatable bonds is 26. The highest BCUT2D eigenvalue weighted by Crippen LogP contribution is 2.14. The Kier molecular flexibility index (Phi) is 27.8. The zero-order valence-electron chi connectivity index (χ0n) is 20.3. The van der Waals surface area contributed by atoms with E-state index in [1.54, 1.807) is 0 Å². The summed E-state index contributed by atoms with van der Waals surface area (Å²) < 4.78 is 0. The summed E-state index contributed by atoms with van der Waals surface area (Å²) in [5.74, 6) is 0. The summed E-state index contributed by atoms with van der Waals surface area (Å²) in [6.07, 6.45) is 28.4. The molecular weight excluding hydrogens is 354 g/mol. The molecule has 0 aliphatic carbocycles. The molecule has 0 atom stereocenters. The van der Waals surface area contributed by atoms with Crippen LogP contribution < -0.4 is 16.4 Å². The SMILES string of the molecule is CCCCCCCCCCCCCCCCCCCCNCCCNCCCN. The lowest BCUT2D eigenvalue weighted by Gasteiger charge is -2.06. The molecule has 0 unspecified atom stereocenters. The maximum atomic E-state index is 5.47. The fourth-order valence-corrected chi connectivity index (χ4v) is 3.97. The van der Waals surface area contributed by atoms with E-state index in [-0.39, 0.29) is 0 Å². The lowest BCUT2D eigenvalue weighted by Crippen LogP contribution is -2.24. The van der Waals surface area contributed by atoms with Gasteiger partial charge in [-0.15, -0.1) is 0 Å². The Morgan fingerprint density at radius 2 is 0.690 bits per heavy atom. The van der Waals surface area contributed by atoms with Gasteiger partial charge in [0.15, 0.2) is 0 Å². The van der Waals surface area contributed by atoms with Crippen LogP contribution in [0.15, 0.2) is 0 Å². The Balaban J connectivity index is 2.97. The molecule has 3 nitrogen and oxygen atoms in total. The molecule has 4 N–H and O–H groups in total. The number of hydrogen-bond donors (Lipinski definition) is 3. The van der Waals surface area contributed by atoms with Crippen molar-refractivity contribution < 1.29 is 0 Å². The van der Waals surface area contributed by atoms with E-state index in [0.29, 0.717) is 0 Å². The first-order chi connectivity index (χ1) is 14.4. The third kappa shape index (κ3) is 27.9. The first-order valence-electron chi connectivity index (χ1n) is 13.5. The second kappa shape index (κ2) is 27.9. The molecule has 0 saturated carbocycles. The lowest BCUT2D eigenvalue weighted by atomic mass is 10.0. The smallest absolute Gasteiger partial charge is 0.00368 e. The lowest BCUT2D eigenvalue weighted by molar-refractivity contribution is 0.520. The van der Waals surface area contributed by atoms with Gasteiger partial charge >= 0.3 is 0 Å². The van der Waals surface area contributed by atoms with Gasteiger partial charge < -0.3 is 16.4 Å². The van der Waals surface area contributed by atoms with Gasteiger partial charge in [0, 0.05) is 0 Å². The van der Waals surface area contributed by atoms with Gasteiger partial charge in [-0.3, -0.25) is 0 Å². The van der Waals surface area contributed by atoms with E-state index >= 15 is 0 Å². The van der Waals surface area contributed by atoms with Crippen LogP contribution in [0.1, 0.15) is 135 Å². The molecule has 0 rings (SSSR count). The molecule has 0 aromatic rings. The third-order valence-corrected chi connectivity index (χ3v) is 5.97. The summed E-state index contributed by atoms with van der Waals surface area (Å²) in [6, 6.07) is 0. The molecule has 0 aliphatic rings. The minimum absolute atomic E-state index is 0.796. The predicted octanol–water partition coefficient (Wildman–Crippen LogP) is 6.95. The molecule has 0 bridgehead atoms. The second-order valence-corrected chi connectivity index (χ2v) is 9.01. The average molecular weight is 412 g/mol. The van der Waals surface area contributed by atoms with Gasteiger partial charge in [-0.25, -0.2) is 0 Å². The number of nitrogens with one attached hydrogen (secondary N) is 2. The summed E-state index contributed by atoms with van der Waals surface area (Å²) >= 11 is 0. The summed E-state index contributed by atoms with van der Waals surface area (Å²) in [5, 5.41) is 6.99. The monoisotopic (exact) mass is 411 g/mol. The molecule has 0 aromatic carbocycles. The maximum absolute atomic E-state index is 5.47. The average Bonchev–Trinajstić information content (AvgIpc) is 2.74. The van der Waals surface area contributed by atoms with Crippen molar-refractivity contribution in [2.45, 2.75) is 135 Å². The van der Waals surface area contributed by atoms with E-state index in [1.165, 1.54) is 129 Å². The van der Waals surface area contributed by atoms with Gasteiger partial charge in [-0.05, 0) is 52.0 Å². The zero-order valence-corrected chi connectivity index (χ0v) is 20.3. The summed E-state index contributed by atoms with van der Waals surface area (Å²) in [5.41, 5.74) is 5.47. The highest BCUT2D eigenvalue weighted by molar-refractivity contribution is 4.54. The van der Waals surface area contributed by atoms with E-state index in [9.17, 15) is 0 Å². The molecule has 0 heterocycles. The molecule has 0 amide bonds. The van der Waals surface area contributed by atoms with Crippen molar-refractivity contribution >= 4 is 0 Å². The largest absolute Gasteiger partial charge is 0.330 e. The van der Waals surface area contributed by atoms with Gasteiger partial charge in [0.25, 0.3) is 0 Å². The van der Waals surface area contributed by atoms with Gasteiger partial charge in [-0.2, -0.15) is 0 Å². The number of nitrogens with two attached hydrogens (primary N) is 1. The van der Waals surface area contributed by atoms with E-state index in [0.717, 1.165) is 32.6 Å². The van der Waals surface area contributed by atoms with Crippen LogP contribution in [0, 0.1) is 0 Å². The van der Waals surface area contributed by atoms with Crippen LogP contribution in [0.2, 0.25) is 0 Å². The molecule has 29 heavy (non-hydrogen) atoms. The number of hydrogen-bond acceptors (Lipinski definition) is 3. The second-order valence-electron chi connectivity index (χ2n) is 9.01. The summed E-state index contributed by atoms with van der Waals surface area (Å²) in [6.45, 7) is 7.62. The van der Waals surface area contributed by atoms with Gasteiger partial charge in [0.2, 0.25) is 0 Å². The van der Waals surface area contributed by atoms with E-state index in [2.05, 4.69) is 17.6 Å². The topological polar surface area (TPSA) is 50.1 Å². The molecule has 0 aromatic heterocycles. The van der Waals surface area contributed by atoms with Gasteiger partial charge in [0.1, 0.15) is 0 Å². The van der Waals surface area contributed by atoms with Crippen LogP contribution >= 0.6 is 0 Å². The molecule has 0 spiro atoms. The van der Waals surface area contributed by atoms with Crippen LogP contribution in [-0.2, 0) is 0 Å². The minimum atomic E-state index is 0.796. The molecular formula is C26H57N3. The van der Waals surface area contributed by atoms with E-state index in [4.69, 9.17) is 5.73 Å². The normalized spacial score (nSPS) is 11.4. The summed E-state index contributed by atoms with van der Waals surface area (Å²) in [4.78, 5) is 0. The number of unbranched alkanes of at least 4 members (excludes halogenated alkanes) is 17. The fourth-order valence-electron chi connectivity index (χ4n) is 3.97. The Labute approximate surface area is 184 Å².